The molecule has 0 rings (SSSR count). The van der Waals surface area contributed by atoms with Crippen LogP contribution < -0.4 is 0 Å². The molecule has 0 aromatic heterocycles. The van der Waals surface area contributed by atoms with Crippen LogP contribution in [0.4, 0.5) is 0 Å². The van der Waals surface area contributed by atoms with Crippen molar-refractivity contribution in [2.24, 2.45) is 5.92 Å². The Labute approximate surface area is 211 Å². The lowest BCUT2D eigenvalue weighted by molar-refractivity contribution is -0.900. The lowest BCUT2D eigenvalue weighted by atomic mass is 9.94. The van der Waals surface area contributed by atoms with Crippen LogP contribution in [0, 0.1) is 5.92 Å². The molecule has 0 aromatic rings. The average Bonchev–Trinajstić information content (AvgIpc) is 2.69. The molecule has 200 valence electrons. The van der Waals surface area contributed by atoms with Crippen molar-refractivity contribution < 1.29 is 23.5 Å². The lowest BCUT2D eigenvalue weighted by Crippen LogP contribution is -2.51. The average molecular weight is 511 g/mol. The fourth-order valence-electron chi connectivity index (χ4n) is 4.65. The molecule has 3 atom stereocenters. The number of hydrogen-bond acceptors (Lipinski definition) is 3. The number of unbranched alkanes of at least 4 members (excludes halogenated alkanes) is 13. The summed E-state index contributed by atoms with van der Waals surface area (Å²) in [6.45, 7) is 4.06. The summed E-state index contributed by atoms with van der Waals surface area (Å²) in [5.41, 5.74) is 0. The first-order valence-electron chi connectivity index (χ1n) is 13.6. The lowest BCUT2D eigenvalue weighted by Gasteiger charge is -2.38. The van der Waals surface area contributed by atoms with Gasteiger partial charge in [-0.05, 0) is 31.6 Å². The van der Waals surface area contributed by atoms with Crippen LogP contribution in [0.2, 0.25) is 0 Å². The Kier molecular flexibility index (Phi) is 19.9. The third kappa shape index (κ3) is 21.5. The summed E-state index contributed by atoms with van der Waals surface area (Å²) in [5, 5.41) is 0. The van der Waals surface area contributed by atoms with E-state index in [2.05, 4.69) is 53.7 Å². The van der Waals surface area contributed by atoms with E-state index in [9.17, 15) is 9.79 Å². The smallest absolute Gasteiger partial charge is 0.322 e. The van der Waals surface area contributed by atoms with Crippen molar-refractivity contribution in [3.8, 4) is 0 Å². The normalized spacial score (nSPS) is 15.5. The Hall–Kier alpha value is 0.450. The molecule has 0 aliphatic heterocycles. The number of hydrogen-bond donors (Lipinski definition) is 2. The Morgan fingerprint density at radius 2 is 1.18 bits per heavy atom. The fraction of sp³-hybridized carbons (Fsp3) is 1.00. The van der Waals surface area contributed by atoms with Gasteiger partial charge in [-0.25, -0.2) is 0 Å². The molecule has 0 fully saturated rings. The molecule has 0 aromatic carbocycles. The van der Waals surface area contributed by atoms with Gasteiger partial charge in [0.05, 0.1) is 27.2 Å². The minimum atomic E-state index is -3.62. The molecule has 0 bridgehead atoms. The van der Waals surface area contributed by atoms with E-state index in [0.29, 0.717) is 10.4 Å². The molecule has 0 spiro atoms. The second-order valence-electron chi connectivity index (χ2n) is 11.0. The Bertz CT molecular complexity index is 495. The first-order chi connectivity index (χ1) is 15.5. The largest absolute Gasteiger partial charge is 0.378 e. The SMILES string of the molecule is CCCCCCCCCCCCCCCCOC(C)CC(C)C(COP(O)(O)=S)[N+](C)(C)C. The molecule has 3 unspecified atom stereocenters. The molecule has 0 saturated carbocycles. The van der Waals surface area contributed by atoms with Gasteiger partial charge in [0.25, 0.3) is 0 Å². The van der Waals surface area contributed by atoms with E-state index < -0.39 is 6.72 Å². The predicted molar refractivity (Wildman–Crippen MR) is 146 cm³/mol. The van der Waals surface area contributed by atoms with Crippen molar-refractivity contribution in [2.45, 2.75) is 129 Å². The summed E-state index contributed by atoms with van der Waals surface area (Å²) >= 11 is 4.62. The van der Waals surface area contributed by atoms with Gasteiger partial charge >= 0.3 is 6.72 Å². The number of quaternary nitrogens is 1. The Morgan fingerprint density at radius 1 is 0.758 bits per heavy atom. The highest BCUT2D eigenvalue weighted by Gasteiger charge is 2.32. The van der Waals surface area contributed by atoms with Gasteiger partial charge in [-0.15, -0.1) is 0 Å². The van der Waals surface area contributed by atoms with E-state index in [1.54, 1.807) is 0 Å². The van der Waals surface area contributed by atoms with Crippen LogP contribution in [0.15, 0.2) is 0 Å². The third-order valence-corrected chi connectivity index (χ3v) is 7.47. The van der Waals surface area contributed by atoms with Gasteiger partial charge in [0.1, 0.15) is 12.6 Å². The Morgan fingerprint density at radius 3 is 1.58 bits per heavy atom. The zero-order chi connectivity index (χ0) is 25.2. The van der Waals surface area contributed by atoms with Crippen LogP contribution in [0.5, 0.6) is 0 Å². The van der Waals surface area contributed by atoms with Crippen LogP contribution in [0.3, 0.4) is 0 Å². The number of nitrogens with zero attached hydrogens (tertiary/aromatic N) is 1. The first kappa shape index (κ1) is 33.4. The van der Waals surface area contributed by atoms with Gasteiger partial charge in [0, 0.05) is 12.5 Å². The van der Waals surface area contributed by atoms with Crippen LogP contribution in [0.25, 0.3) is 0 Å². The highest BCUT2D eigenvalue weighted by Crippen LogP contribution is 2.37. The highest BCUT2D eigenvalue weighted by atomic mass is 32.5. The molecular weight excluding hydrogens is 453 g/mol. The molecule has 0 amide bonds. The van der Waals surface area contributed by atoms with Crippen LogP contribution in [-0.4, -0.2) is 60.8 Å². The quantitative estimate of drug-likeness (QED) is 0.0865. The predicted octanol–water partition coefficient (Wildman–Crippen LogP) is 7.20. The van der Waals surface area contributed by atoms with Gasteiger partial charge in [0.15, 0.2) is 0 Å². The van der Waals surface area contributed by atoms with Gasteiger partial charge in [-0.2, -0.15) is 0 Å². The summed E-state index contributed by atoms with van der Waals surface area (Å²) < 4.78 is 11.9. The zero-order valence-corrected chi connectivity index (χ0v) is 24.5. The first-order valence-corrected chi connectivity index (χ1v) is 16.2. The van der Waals surface area contributed by atoms with Crippen molar-refractivity contribution in [3.63, 3.8) is 0 Å². The highest BCUT2D eigenvalue weighted by molar-refractivity contribution is 8.06. The van der Waals surface area contributed by atoms with E-state index in [1.807, 2.05) is 0 Å². The molecule has 0 aliphatic carbocycles. The van der Waals surface area contributed by atoms with Gasteiger partial charge < -0.3 is 23.5 Å². The Balaban J connectivity index is 3.76. The van der Waals surface area contributed by atoms with Crippen molar-refractivity contribution in [3.05, 3.63) is 0 Å². The maximum atomic E-state index is 9.43. The molecule has 0 radical (unpaired) electrons. The van der Waals surface area contributed by atoms with E-state index in [-0.39, 0.29) is 18.8 Å². The maximum Gasteiger partial charge on any atom is 0.322 e. The fourth-order valence-corrected chi connectivity index (χ4v) is 5.18. The molecular formula is C26H57NO4PS+. The molecule has 7 heteroatoms. The maximum absolute atomic E-state index is 9.43. The van der Waals surface area contributed by atoms with Crippen molar-refractivity contribution >= 4 is 18.5 Å². The van der Waals surface area contributed by atoms with Crippen LogP contribution in [0.1, 0.15) is 117 Å². The van der Waals surface area contributed by atoms with E-state index in [4.69, 9.17) is 9.26 Å². The van der Waals surface area contributed by atoms with Crippen molar-refractivity contribution in [2.75, 3.05) is 34.4 Å². The summed E-state index contributed by atoms with van der Waals surface area (Å²) in [5.74, 6) is 0.317. The van der Waals surface area contributed by atoms with E-state index in [0.717, 1.165) is 19.4 Å². The van der Waals surface area contributed by atoms with Crippen molar-refractivity contribution in [1.82, 2.24) is 0 Å². The minimum absolute atomic E-state index is 0.124. The van der Waals surface area contributed by atoms with Crippen LogP contribution >= 0.6 is 6.72 Å². The molecule has 2 N–H and O–H groups in total. The molecule has 0 saturated heterocycles. The number of rotatable bonds is 23. The van der Waals surface area contributed by atoms with Gasteiger partial charge in [-0.1, -0.05) is 97.3 Å². The summed E-state index contributed by atoms with van der Waals surface area (Å²) in [6.07, 6.45) is 20.3. The standard InChI is InChI=1S/C26H56NO4PS/c1-7-8-9-10-11-12-13-14-15-16-17-18-19-20-21-30-25(3)22-24(2)26(27(4,5)6)23-31-32(28,29)33/h24-26H,7-23H2,1-6H3,(H-,28,29,33)/p+1. The zero-order valence-electron chi connectivity index (χ0n) is 22.8. The van der Waals surface area contributed by atoms with E-state index >= 15 is 0 Å². The summed E-state index contributed by atoms with van der Waals surface area (Å²) in [4.78, 5) is 18.9. The monoisotopic (exact) mass is 510 g/mol. The number of ether oxygens (including phenoxy) is 1. The van der Waals surface area contributed by atoms with Crippen molar-refractivity contribution in [1.29, 1.82) is 0 Å². The summed E-state index contributed by atoms with van der Waals surface area (Å²) in [6, 6.07) is 0.124. The molecule has 33 heavy (non-hydrogen) atoms. The van der Waals surface area contributed by atoms with Gasteiger partial charge in [0.2, 0.25) is 0 Å². The number of likely N-dealkylation sites (N-methyl/N-ethyl adjacent to an activating group) is 1. The topological polar surface area (TPSA) is 58.9 Å². The van der Waals surface area contributed by atoms with Crippen LogP contribution in [-0.2, 0) is 21.1 Å². The second kappa shape index (κ2) is 19.6. The molecule has 0 aliphatic rings. The van der Waals surface area contributed by atoms with E-state index in [1.165, 1.54) is 83.5 Å². The molecule has 0 heterocycles. The van der Waals surface area contributed by atoms with Gasteiger partial charge in [-0.3, -0.25) is 0 Å². The second-order valence-corrected chi connectivity index (χ2v) is 13.6. The molecule has 5 nitrogen and oxygen atoms in total. The summed E-state index contributed by atoms with van der Waals surface area (Å²) in [7, 11) is 6.30. The minimum Gasteiger partial charge on any atom is -0.378 e. The third-order valence-electron chi connectivity index (χ3n) is 6.67.